The van der Waals surface area contributed by atoms with Crippen molar-refractivity contribution in [3.8, 4) is 0 Å². The molecule has 0 aliphatic rings. The van der Waals surface area contributed by atoms with Gasteiger partial charge in [-0.2, -0.15) is 4.57 Å². The fourth-order valence-electron chi connectivity index (χ4n) is 2.77. The molecule has 0 aliphatic heterocycles. The van der Waals surface area contributed by atoms with Crippen molar-refractivity contribution in [2.75, 3.05) is 11.9 Å². The predicted molar refractivity (Wildman–Crippen MR) is 104 cm³/mol. The van der Waals surface area contributed by atoms with Crippen LogP contribution in [0.25, 0.3) is 0 Å². The van der Waals surface area contributed by atoms with E-state index in [-0.39, 0.29) is 30.4 Å². The Balaban J connectivity index is 2.19. The zero-order chi connectivity index (χ0) is 20.0. The van der Waals surface area contributed by atoms with Gasteiger partial charge >= 0.3 is 5.97 Å². The van der Waals surface area contributed by atoms with Gasteiger partial charge in [0.1, 0.15) is 5.00 Å². The molecule has 7 heteroatoms. The molecule has 2 heterocycles. The predicted octanol–water partition coefficient (Wildman–Crippen LogP) is 3.31. The first kappa shape index (κ1) is 20.8. The quantitative estimate of drug-likeness (QED) is 0.427. The maximum atomic E-state index is 12.5. The van der Waals surface area contributed by atoms with Crippen LogP contribution >= 0.6 is 11.3 Å². The molecule has 0 radical (unpaired) electrons. The molecule has 0 aliphatic carbocycles. The smallest absolute Gasteiger partial charge is 0.341 e. The minimum Gasteiger partial charge on any atom is -0.462 e. The minimum atomic E-state index is -0.536. The summed E-state index contributed by atoms with van der Waals surface area (Å²) in [6, 6.07) is 3.98. The molecule has 0 unspecified atom stereocenters. The number of nitrogens with one attached hydrogen (secondary N) is 1. The number of thiophene rings is 1. The first-order chi connectivity index (χ1) is 12.9. The Kier molecular flexibility index (Phi) is 7.24. The normalized spacial score (nSPS) is 10.5. The lowest BCUT2D eigenvalue weighted by Gasteiger charge is -2.06. The molecule has 1 N–H and O–H groups in total. The third-order valence-electron chi connectivity index (χ3n) is 4.02. The number of aromatic nitrogens is 1. The number of amides is 1. The number of carbonyl (C=O) groups is 3. The topological polar surface area (TPSA) is 76.4 Å². The third-order valence-corrected chi connectivity index (χ3v) is 5.33. The first-order valence-electron chi connectivity index (χ1n) is 8.96. The van der Waals surface area contributed by atoms with E-state index in [0.717, 1.165) is 24.2 Å². The third kappa shape index (κ3) is 5.23. The highest BCUT2D eigenvalue weighted by Crippen LogP contribution is 2.34. The van der Waals surface area contributed by atoms with Gasteiger partial charge in [0.25, 0.3) is 5.91 Å². The second-order valence-electron chi connectivity index (χ2n) is 6.21. The zero-order valence-electron chi connectivity index (χ0n) is 16.1. The van der Waals surface area contributed by atoms with E-state index in [4.69, 9.17) is 4.74 Å². The molecule has 0 atom stereocenters. The Morgan fingerprint density at radius 1 is 1.19 bits per heavy atom. The number of Topliss-reactive ketones (excluding diaryl/α,β-unsaturated/α-hetero) is 1. The Morgan fingerprint density at radius 3 is 2.41 bits per heavy atom. The summed E-state index contributed by atoms with van der Waals surface area (Å²) in [7, 11) is 0. The fourth-order valence-corrected chi connectivity index (χ4v) is 3.87. The number of hydrogen-bond acceptors (Lipinski definition) is 5. The number of nitrogens with zero attached hydrogens (tertiary/aromatic N) is 1. The van der Waals surface area contributed by atoms with Crippen LogP contribution in [0.2, 0.25) is 0 Å². The van der Waals surface area contributed by atoms with Crippen molar-refractivity contribution in [3.63, 3.8) is 0 Å². The van der Waals surface area contributed by atoms with Crippen LogP contribution in [0.3, 0.4) is 0 Å². The lowest BCUT2D eigenvalue weighted by Crippen LogP contribution is -2.39. The number of esters is 1. The summed E-state index contributed by atoms with van der Waals surface area (Å²) in [5, 5.41) is 3.11. The van der Waals surface area contributed by atoms with Crippen LogP contribution < -0.4 is 9.88 Å². The van der Waals surface area contributed by atoms with Gasteiger partial charge in [0, 0.05) is 12.1 Å². The second kappa shape index (κ2) is 9.41. The van der Waals surface area contributed by atoms with Gasteiger partial charge in [-0.15, -0.1) is 11.3 Å². The number of hydrogen-bond donors (Lipinski definition) is 1. The maximum Gasteiger partial charge on any atom is 0.341 e. The Labute approximate surface area is 163 Å². The molecule has 2 aromatic rings. The van der Waals surface area contributed by atoms with E-state index in [1.165, 1.54) is 12.5 Å². The number of pyridine rings is 1. The van der Waals surface area contributed by atoms with E-state index in [2.05, 4.69) is 12.2 Å². The van der Waals surface area contributed by atoms with Crippen LogP contribution in [0.4, 0.5) is 5.00 Å². The van der Waals surface area contributed by atoms with Crippen molar-refractivity contribution in [2.45, 2.75) is 47.1 Å². The minimum absolute atomic E-state index is 0.112. The Morgan fingerprint density at radius 2 is 1.85 bits per heavy atom. The summed E-state index contributed by atoms with van der Waals surface area (Å²) >= 11 is 1.10. The summed E-state index contributed by atoms with van der Waals surface area (Å²) in [5.74, 6) is -0.958. The van der Waals surface area contributed by atoms with Gasteiger partial charge in [-0.05, 0) is 38.3 Å². The fraction of sp³-hybridized carbons (Fsp3) is 0.400. The monoisotopic (exact) mass is 389 g/mol. The summed E-state index contributed by atoms with van der Waals surface area (Å²) in [6.07, 6.45) is 5.78. The molecule has 2 aromatic heterocycles. The Hall–Kier alpha value is -2.54. The second-order valence-corrected chi connectivity index (χ2v) is 7.23. The van der Waals surface area contributed by atoms with Gasteiger partial charge in [0.2, 0.25) is 6.54 Å². The molecule has 1 amide bonds. The van der Waals surface area contributed by atoms with Crippen molar-refractivity contribution >= 4 is 34.0 Å². The highest BCUT2D eigenvalue weighted by atomic mass is 32.1. The number of ketones is 1. The van der Waals surface area contributed by atoms with Crippen LogP contribution in [0.5, 0.6) is 0 Å². The van der Waals surface area contributed by atoms with Crippen molar-refractivity contribution in [2.24, 2.45) is 0 Å². The van der Waals surface area contributed by atoms with Crippen LogP contribution in [-0.4, -0.2) is 24.3 Å². The van der Waals surface area contributed by atoms with Gasteiger partial charge < -0.3 is 10.1 Å². The number of carbonyl (C=O) groups excluding carboxylic acids is 3. The molecule has 144 valence electrons. The van der Waals surface area contributed by atoms with E-state index < -0.39 is 5.97 Å². The zero-order valence-corrected chi connectivity index (χ0v) is 16.9. The van der Waals surface area contributed by atoms with Crippen LogP contribution in [-0.2, 0) is 22.5 Å². The molecule has 0 bridgehead atoms. The van der Waals surface area contributed by atoms with Gasteiger partial charge in [0.05, 0.1) is 17.0 Å². The molecule has 2 rings (SSSR count). The summed E-state index contributed by atoms with van der Waals surface area (Å²) < 4.78 is 6.85. The van der Waals surface area contributed by atoms with Crippen molar-refractivity contribution in [3.05, 3.63) is 46.1 Å². The van der Waals surface area contributed by atoms with Crippen molar-refractivity contribution in [1.82, 2.24) is 0 Å². The lowest BCUT2D eigenvalue weighted by molar-refractivity contribution is -0.684. The first-order valence-corrected chi connectivity index (χ1v) is 9.78. The standard InChI is InChI=1S/C20H24N2O4S/c1-5-7-15-8-10-22(11-9-15)12-16(24)21-19-17(20(25)26-6-2)13(3)18(27-19)14(4)23/h8-11H,5-7,12H2,1-4H3/p+1. The van der Waals surface area contributed by atoms with Gasteiger partial charge in [0.15, 0.2) is 18.2 Å². The molecule has 0 saturated heterocycles. The maximum absolute atomic E-state index is 12.5. The lowest BCUT2D eigenvalue weighted by atomic mass is 10.1. The summed E-state index contributed by atoms with van der Waals surface area (Å²) in [5.41, 5.74) is 2.01. The number of anilines is 1. The Bertz CT molecular complexity index is 840. The average molecular weight is 389 g/mol. The largest absolute Gasteiger partial charge is 0.462 e. The molecule has 0 aromatic carbocycles. The van der Waals surface area contributed by atoms with E-state index in [1.807, 2.05) is 24.5 Å². The van der Waals surface area contributed by atoms with Crippen LogP contribution in [0.1, 0.15) is 58.3 Å². The molecular weight excluding hydrogens is 364 g/mol. The van der Waals surface area contributed by atoms with E-state index in [9.17, 15) is 14.4 Å². The summed E-state index contributed by atoms with van der Waals surface area (Å²) in [6.45, 7) is 7.29. The SMILES string of the molecule is CCCc1cc[n+](CC(=O)Nc2sc(C(C)=O)c(C)c2C(=O)OCC)cc1. The molecule has 0 spiro atoms. The average Bonchev–Trinajstić information content (AvgIpc) is 2.93. The molecule has 0 saturated carbocycles. The van der Waals surface area contributed by atoms with E-state index in [0.29, 0.717) is 15.4 Å². The van der Waals surface area contributed by atoms with Crippen LogP contribution in [0, 0.1) is 6.92 Å². The van der Waals surface area contributed by atoms with Crippen LogP contribution in [0.15, 0.2) is 24.5 Å². The summed E-state index contributed by atoms with van der Waals surface area (Å²) in [4.78, 5) is 37.0. The van der Waals surface area contributed by atoms with Gasteiger partial charge in [-0.25, -0.2) is 4.79 Å². The van der Waals surface area contributed by atoms with E-state index in [1.54, 1.807) is 18.4 Å². The van der Waals surface area contributed by atoms with Crippen molar-refractivity contribution < 1.29 is 23.7 Å². The van der Waals surface area contributed by atoms with Gasteiger partial charge in [-0.3, -0.25) is 9.59 Å². The number of ether oxygens (including phenoxy) is 1. The molecular formula is C20H25N2O4S+. The van der Waals surface area contributed by atoms with E-state index >= 15 is 0 Å². The van der Waals surface area contributed by atoms with Gasteiger partial charge in [-0.1, -0.05) is 13.3 Å². The highest BCUT2D eigenvalue weighted by Gasteiger charge is 2.25. The molecule has 27 heavy (non-hydrogen) atoms. The number of aryl methyl sites for hydroxylation is 1. The van der Waals surface area contributed by atoms with Crippen molar-refractivity contribution in [1.29, 1.82) is 0 Å². The highest BCUT2D eigenvalue weighted by molar-refractivity contribution is 7.18. The number of rotatable bonds is 8. The molecule has 6 nitrogen and oxygen atoms in total. The molecule has 0 fully saturated rings.